The quantitative estimate of drug-likeness (QED) is 0.596. The maximum atomic E-state index is 11.9. The maximum Gasteiger partial charge on any atom is 0.276 e. The van der Waals surface area contributed by atoms with Crippen molar-refractivity contribution in [2.75, 3.05) is 6.61 Å². The smallest absolute Gasteiger partial charge is 0.276 e. The van der Waals surface area contributed by atoms with Crippen LogP contribution in [0.2, 0.25) is 0 Å². The highest BCUT2D eigenvalue weighted by atomic mass is 16.6. The largest absolute Gasteiger partial charge is 0.483 e. The van der Waals surface area contributed by atoms with E-state index in [1.165, 1.54) is 12.1 Å². The van der Waals surface area contributed by atoms with Crippen molar-refractivity contribution in [1.29, 1.82) is 0 Å². The summed E-state index contributed by atoms with van der Waals surface area (Å²) in [6.45, 7) is 7.46. The van der Waals surface area contributed by atoms with Crippen LogP contribution in [0.15, 0.2) is 49.0 Å². The van der Waals surface area contributed by atoms with E-state index in [0.717, 1.165) is 11.1 Å². The minimum atomic E-state index is -0.480. The lowest BCUT2D eigenvalue weighted by atomic mass is 10.1. The van der Waals surface area contributed by atoms with Crippen molar-refractivity contribution >= 4 is 17.3 Å². The predicted octanol–water partition coefficient (Wildman–Crippen LogP) is 2.88. The van der Waals surface area contributed by atoms with Gasteiger partial charge in [0.15, 0.2) is 6.61 Å². The monoisotopic (exact) mass is 341 g/mol. The summed E-state index contributed by atoms with van der Waals surface area (Å²) in [5.41, 5.74) is 8.09. The maximum absolute atomic E-state index is 11.9. The molecule has 25 heavy (non-hydrogen) atoms. The molecule has 0 heterocycles. The van der Waals surface area contributed by atoms with Gasteiger partial charge in [-0.25, -0.2) is 0 Å². The number of hydrazine groups is 1. The summed E-state index contributed by atoms with van der Waals surface area (Å²) in [6, 6.07) is 11.6. The van der Waals surface area contributed by atoms with Crippen LogP contribution in [0.1, 0.15) is 16.7 Å². The number of carbonyl (C=O) groups excluding carboxylic acids is 1. The lowest BCUT2D eigenvalue weighted by molar-refractivity contribution is -0.384. The molecule has 130 valence electrons. The molecule has 0 aliphatic carbocycles. The molecule has 0 spiro atoms. The molecule has 0 saturated heterocycles. The van der Waals surface area contributed by atoms with E-state index in [2.05, 4.69) is 17.4 Å². The van der Waals surface area contributed by atoms with Crippen LogP contribution in [0.25, 0.3) is 5.70 Å². The fourth-order valence-corrected chi connectivity index (χ4v) is 2.20. The number of para-hydroxylation sites is 1. The molecule has 7 heteroatoms. The van der Waals surface area contributed by atoms with Crippen molar-refractivity contribution in [2.45, 2.75) is 13.8 Å². The second-order valence-electron chi connectivity index (χ2n) is 5.47. The number of benzene rings is 2. The van der Waals surface area contributed by atoms with Crippen LogP contribution in [0.4, 0.5) is 5.69 Å². The third kappa shape index (κ3) is 4.81. The fraction of sp³-hybridized carbons (Fsp3) is 0.167. The second-order valence-corrected chi connectivity index (χ2v) is 5.47. The molecule has 0 saturated carbocycles. The average molecular weight is 341 g/mol. The van der Waals surface area contributed by atoms with Gasteiger partial charge in [-0.1, -0.05) is 24.8 Å². The molecule has 1 amide bonds. The van der Waals surface area contributed by atoms with E-state index >= 15 is 0 Å². The molecule has 0 radical (unpaired) electrons. The number of nitro groups is 1. The molecule has 0 atom stereocenters. The Labute approximate surface area is 145 Å². The van der Waals surface area contributed by atoms with Gasteiger partial charge in [0.25, 0.3) is 11.6 Å². The lowest BCUT2D eigenvalue weighted by Gasteiger charge is -2.14. The van der Waals surface area contributed by atoms with Crippen molar-refractivity contribution in [1.82, 2.24) is 10.9 Å². The molecule has 0 aliphatic heterocycles. The first-order chi connectivity index (χ1) is 11.9. The van der Waals surface area contributed by atoms with Gasteiger partial charge in [-0.3, -0.25) is 25.8 Å². The van der Waals surface area contributed by atoms with Crippen molar-refractivity contribution in [2.24, 2.45) is 0 Å². The van der Waals surface area contributed by atoms with Crippen LogP contribution in [-0.2, 0) is 4.79 Å². The van der Waals surface area contributed by atoms with E-state index in [4.69, 9.17) is 4.74 Å². The molecular weight excluding hydrogens is 322 g/mol. The average Bonchev–Trinajstić information content (AvgIpc) is 2.59. The third-order valence-electron chi connectivity index (χ3n) is 3.54. The Morgan fingerprint density at radius 1 is 1.12 bits per heavy atom. The Hall–Kier alpha value is -3.35. The molecular formula is C18H19N3O4. The number of hydrogen-bond acceptors (Lipinski definition) is 5. The van der Waals surface area contributed by atoms with Crippen LogP contribution in [0.3, 0.4) is 0 Å². The number of aryl methyl sites for hydroxylation is 2. The van der Waals surface area contributed by atoms with E-state index < -0.39 is 4.92 Å². The van der Waals surface area contributed by atoms with Crippen molar-refractivity contribution in [3.63, 3.8) is 0 Å². The third-order valence-corrected chi connectivity index (χ3v) is 3.54. The van der Waals surface area contributed by atoms with Gasteiger partial charge in [0.1, 0.15) is 5.75 Å². The summed E-state index contributed by atoms with van der Waals surface area (Å²) >= 11 is 0. The van der Waals surface area contributed by atoms with E-state index in [0.29, 0.717) is 17.0 Å². The van der Waals surface area contributed by atoms with E-state index in [9.17, 15) is 14.9 Å². The highest BCUT2D eigenvalue weighted by Crippen LogP contribution is 2.22. The summed E-state index contributed by atoms with van der Waals surface area (Å²) in [7, 11) is 0. The number of rotatable bonds is 7. The number of nitrogens with one attached hydrogen (secondary N) is 2. The highest BCUT2D eigenvalue weighted by Gasteiger charge is 2.09. The van der Waals surface area contributed by atoms with Crippen molar-refractivity contribution < 1.29 is 14.5 Å². The standard InChI is InChI=1S/C18H19N3O4/c1-12-5-4-6-13(2)18(12)25-11-17(22)20-19-14(3)15-7-9-16(10-8-15)21(23)24/h4-10,19H,3,11H2,1-2H3,(H,20,22). The van der Waals surface area contributed by atoms with E-state index in [-0.39, 0.29) is 18.2 Å². The summed E-state index contributed by atoms with van der Waals surface area (Å²) in [5, 5.41) is 10.6. The molecule has 2 aromatic carbocycles. The van der Waals surface area contributed by atoms with Crippen molar-refractivity contribution in [3.8, 4) is 5.75 Å². The zero-order valence-corrected chi connectivity index (χ0v) is 14.0. The topological polar surface area (TPSA) is 93.5 Å². The van der Waals surface area contributed by atoms with Gasteiger partial charge in [-0.05, 0) is 42.7 Å². The number of amides is 1. The summed E-state index contributed by atoms with van der Waals surface area (Å²) in [5.74, 6) is 0.317. The Balaban J connectivity index is 1.85. The zero-order chi connectivity index (χ0) is 18.4. The Morgan fingerprint density at radius 2 is 1.72 bits per heavy atom. The Morgan fingerprint density at radius 3 is 2.28 bits per heavy atom. The second kappa shape index (κ2) is 7.96. The zero-order valence-electron chi connectivity index (χ0n) is 14.0. The Kier molecular flexibility index (Phi) is 5.73. The molecule has 2 N–H and O–H groups in total. The fourth-order valence-electron chi connectivity index (χ4n) is 2.20. The van der Waals surface area contributed by atoms with Gasteiger partial charge in [-0.2, -0.15) is 0 Å². The van der Waals surface area contributed by atoms with Gasteiger partial charge in [-0.15, -0.1) is 0 Å². The van der Waals surface area contributed by atoms with Gasteiger partial charge >= 0.3 is 0 Å². The summed E-state index contributed by atoms with van der Waals surface area (Å²) in [6.07, 6.45) is 0. The first-order valence-corrected chi connectivity index (χ1v) is 7.56. The number of hydrogen-bond donors (Lipinski definition) is 2. The van der Waals surface area contributed by atoms with E-state index in [1.54, 1.807) is 12.1 Å². The molecule has 0 aromatic heterocycles. The first-order valence-electron chi connectivity index (χ1n) is 7.56. The van der Waals surface area contributed by atoms with Crippen LogP contribution < -0.4 is 15.6 Å². The number of non-ortho nitro benzene ring substituents is 1. The number of nitrogens with zero attached hydrogens (tertiary/aromatic N) is 1. The summed E-state index contributed by atoms with van der Waals surface area (Å²) in [4.78, 5) is 22.0. The minimum absolute atomic E-state index is 0.0115. The highest BCUT2D eigenvalue weighted by molar-refractivity contribution is 5.78. The first kappa shape index (κ1) is 18.0. The molecule has 7 nitrogen and oxygen atoms in total. The SMILES string of the molecule is C=C(NNC(=O)COc1c(C)cccc1C)c1ccc([N+](=O)[O-])cc1. The predicted molar refractivity (Wildman–Crippen MR) is 94.8 cm³/mol. The van der Waals surface area contributed by atoms with Crippen molar-refractivity contribution in [3.05, 3.63) is 75.8 Å². The Bertz CT molecular complexity index is 780. The molecule has 2 rings (SSSR count). The van der Waals surface area contributed by atoms with Gasteiger partial charge in [0.05, 0.1) is 10.6 Å². The van der Waals surface area contributed by atoms with Crippen LogP contribution in [0, 0.1) is 24.0 Å². The molecule has 0 bridgehead atoms. The number of ether oxygens (including phenoxy) is 1. The number of nitro benzene ring substituents is 1. The van der Waals surface area contributed by atoms with Gasteiger partial charge in [0, 0.05) is 12.1 Å². The van der Waals surface area contributed by atoms with Gasteiger partial charge < -0.3 is 4.74 Å². The molecule has 0 aliphatic rings. The molecule has 2 aromatic rings. The normalized spacial score (nSPS) is 10.0. The minimum Gasteiger partial charge on any atom is -0.483 e. The van der Waals surface area contributed by atoms with Gasteiger partial charge in [0.2, 0.25) is 0 Å². The number of carbonyl (C=O) groups is 1. The summed E-state index contributed by atoms with van der Waals surface area (Å²) < 4.78 is 5.55. The van der Waals surface area contributed by atoms with Crippen LogP contribution in [0.5, 0.6) is 5.75 Å². The lowest BCUT2D eigenvalue weighted by Crippen LogP contribution is -2.39. The van der Waals surface area contributed by atoms with Crippen LogP contribution >= 0.6 is 0 Å². The molecule has 0 unspecified atom stereocenters. The van der Waals surface area contributed by atoms with Crippen LogP contribution in [-0.4, -0.2) is 17.4 Å². The van der Waals surface area contributed by atoms with E-state index in [1.807, 2.05) is 32.0 Å². The molecule has 0 fully saturated rings.